The Morgan fingerprint density at radius 3 is 2.33 bits per heavy atom. The van der Waals surface area contributed by atoms with E-state index in [-0.39, 0.29) is 0 Å². The van der Waals surface area contributed by atoms with Gasteiger partial charge in [0, 0.05) is 12.8 Å². The van der Waals surface area contributed by atoms with Crippen LogP contribution in [0.25, 0.3) is 0 Å². The van der Waals surface area contributed by atoms with Crippen molar-refractivity contribution in [1.29, 1.82) is 0 Å². The third-order valence-corrected chi connectivity index (χ3v) is 1.78. The first kappa shape index (κ1) is 8.65. The minimum absolute atomic E-state index is 0.923. The number of oxime groups is 1. The monoisotopic (exact) mass is 147 g/mol. The Labute approximate surface area is 57.5 Å². The van der Waals surface area contributed by atoms with E-state index in [0.29, 0.717) is 0 Å². The lowest BCUT2D eigenvalue weighted by molar-refractivity contribution is 0.246. The lowest BCUT2D eigenvalue weighted by Crippen LogP contribution is -2.12. The molecular formula is C5H13NO2Si. The Kier molecular flexibility index (Phi) is 4.34. The van der Waals surface area contributed by atoms with Crippen molar-refractivity contribution < 1.29 is 8.95 Å². The van der Waals surface area contributed by atoms with E-state index in [2.05, 4.69) is 5.16 Å². The van der Waals surface area contributed by atoms with Gasteiger partial charge in [0.25, 0.3) is 0 Å². The molecule has 0 radical (unpaired) electrons. The summed E-state index contributed by atoms with van der Waals surface area (Å²) in [4.78, 5) is 0. The van der Waals surface area contributed by atoms with Crippen LogP contribution in [0.4, 0.5) is 0 Å². The van der Waals surface area contributed by atoms with Crippen LogP contribution in [0.3, 0.4) is 0 Å². The molecule has 0 aliphatic rings. The molecule has 1 unspecified atom stereocenters. The zero-order valence-electron chi connectivity index (χ0n) is 6.34. The van der Waals surface area contributed by atoms with E-state index in [1.54, 1.807) is 7.11 Å². The van der Waals surface area contributed by atoms with Gasteiger partial charge in [-0.1, -0.05) is 0 Å². The molecule has 0 fully saturated rings. The summed E-state index contributed by atoms with van der Waals surface area (Å²) in [7, 11) is 0.211. The Balaban J connectivity index is 3.37. The van der Waals surface area contributed by atoms with Crippen LogP contribution >= 0.6 is 0 Å². The summed E-state index contributed by atoms with van der Waals surface area (Å²) in [6.07, 6.45) is 0. The van der Waals surface area contributed by atoms with Gasteiger partial charge < -0.3 is 8.95 Å². The first-order valence-corrected chi connectivity index (χ1v) is 4.96. The average Bonchev–Trinajstić information content (AvgIpc) is 1.83. The maximum absolute atomic E-state index is 4.96. The van der Waals surface area contributed by atoms with Gasteiger partial charge in [0.2, 0.25) is 0 Å². The van der Waals surface area contributed by atoms with Crippen LogP contribution in [0, 0.1) is 0 Å². The molecule has 0 aromatic heterocycles. The van der Waals surface area contributed by atoms with Crippen molar-refractivity contribution in [3.05, 3.63) is 0 Å². The fraction of sp³-hybridized carbons (Fsp3) is 0.800. The van der Waals surface area contributed by atoms with E-state index < -0.39 is 9.28 Å². The molecule has 9 heavy (non-hydrogen) atoms. The molecule has 0 aromatic rings. The van der Waals surface area contributed by atoms with E-state index in [9.17, 15) is 0 Å². The highest BCUT2D eigenvalue weighted by atomic mass is 28.3. The summed E-state index contributed by atoms with van der Waals surface area (Å²) in [5, 5.41) is 3.75. The lowest BCUT2D eigenvalue weighted by Gasteiger charge is -2.03. The zero-order chi connectivity index (χ0) is 7.28. The molecule has 0 saturated heterocycles. The first-order valence-electron chi connectivity index (χ1n) is 2.86. The molecule has 1 atom stereocenters. The quantitative estimate of drug-likeness (QED) is 0.337. The van der Waals surface area contributed by atoms with Crippen LogP contribution < -0.4 is 0 Å². The van der Waals surface area contributed by atoms with Crippen LogP contribution in [-0.4, -0.2) is 22.1 Å². The predicted molar refractivity (Wildman–Crippen MR) is 39.9 cm³/mol. The molecule has 0 bridgehead atoms. The highest BCUT2D eigenvalue weighted by Crippen LogP contribution is 1.86. The Hall–Kier alpha value is -0.353. The summed E-state index contributed by atoms with van der Waals surface area (Å²) >= 11 is 0. The van der Waals surface area contributed by atoms with Crippen molar-refractivity contribution in [2.45, 2.75) is 20.4 Å². The van der Waals surface area contributed by atoms with Crippen LogP contribution in [0.1, 0.15) is 13.8 Å². The third-order valence-electron chi connectivity index (χ3n) is 0.716. The summed E-state index contributed by atoms with van der Waals surface area (Å²) in [5.41, 5.74) is 0.923. The van der Waals surface area contributed by atoms with Gasteiger partial charge in [0.05, 0.1) is 0 Å². The minimum Gasteiger partial charge on any atom is -0.425 e. The summed E-state index contributed by atoms with van der Waals surface area (Å²) < 4.78 is 9.87. The van der Waals surface area contributed by atoms with Gasteiger partial charge >= 0.3 is 9.28 Å². The van der Waals surface area contributed by atoms with Crippen molar-refractivity contribution >= 4 is 15.0 Å². The lowest BCUT2D eigenvalue weighted by atomic mass is 10.5. The van der Waals surface area contributed by atoms with E-state index in [1.807, 2.05) is 20.4 Å². The molecule has 0 aromatic carbocycles. The SMILES string of the molecule is CO[SiH](C)ON=C(C)C. The van der Waals surface area contributed by atoms with Crippen LogP contribution in [0.5, 0.6) is 0 Å². The normalized spacial score (nSPS) is 12.4. The Morgan fingerprint density at radius 2 is 2.00 bits per heavy atom. The number of hydrogen-bond acceptors (Lipinski definition) is 3. The summed E-state index contributed by atoms with van der Waals surface area (Å²) in [5.74, 6) is 0. The third kappa shape index (κ3) is 5.52. The predicted octanol–water partition coefficient (Wildman–Crippen LogP) is 0.895. The molecule has 0 N–H and O–H groups in total. The molecule has 0 heterocycles. The maximum Gasteiger partial charge on any atom is 0.408 e. The van der Waals surface area contributed by atoms with Gasteiger partial charge in [0.15, 0.2) is 0 Å². The summed E-state index contributed by atoms with van der Waals surface area (Å²) in [6, 6.07) is 0. The van der Waals surface area contributed by atoms with Gasteiger partial charge in [-0.15, -0.1) is 5.16 Å². The molecule has 3 nitrogen and oxygen atoms in total. The molecular weight excluding hydrogens is 134 g/mol. The van der Waals surface area contributed by atoms with E-state index in [0.717, 1.165) is 5.71 Å². The second-order valence-electron chi connectivity index (χ2n) is 1.95. The van der Waals surface area contributed by atoms with Crippen LogP contribution in [0.2, 0.25) is 6.55 Å². The van der Waals surface area contributed by atoms with Crippen LogP contribution in [0.15, 0.2) is 5.16 Å². The molecule has 0 aliphatic heterocycles. The Bertz CT molecular complexity index is 101. The van der Waals surface area contributed by atoms with Gasteiger partial charge in [-0.25, -0.2) is 0 Å². The average molecular weight is 147 g/mol. The molecule has 4 heteroatoms. The van der Waals surface area contributed by atoms with E-state index >= 15 is 0 Å². The number of nitrogens with zero attached hydrogens (tertiary/aromatic N) is 1. The molecule has 54 valence electrons. The molecule has 0 aliphatic carbocycles. The molecule has 0 saturated carbocycles. The minimum atomic E-state index is -1.42. The largest absolute Gasteiger partial charge is 0.425 e. The summed E-state index contributed by atoms with van der Waals surface area (Å²) in [6.45, 7) is 5.69. The maximum atomic E-state index is 4.96. The van der Waals surface area contributed by atoms with Crippen molar-refractivity contribution in [1.82, 2.24) is 0 Å². The van der Waals surface area contributed by atoms with Crippen molar-refractivity contribution in [2.24, 2.45) is 5.16 Å². The zero-order valence-corrected chi connectivity index (χ0v) is 7.50. The van der Waals surface area contributed by atoms with Crippen molar-refractivity contribution in [2.75, 3.05) is 7.11 Å². The topological polar surface area (TPSA) is 30.8 Å². The first-order chi connectivity index (χ1) is 4.16. The van der Waals surface area contributed by atoms with E-state index in [4.69, 9.17) is 8.95 Å². The highest BCUT2D eigenvalue weighted by Gasteiger charge is 2.00. The fourth-order valence-electron chi connectivity index (χ4n) is 0.223. The Morgan fingerprint density at radius 1 is 1.44 bits per heavy atom. The van der Waals surface area contributed by atoms with Gasteiger partial charge in [-0.05, 0) is 20.4 Å². The molecule has 0 rings (SSSR count). The second kappa shape index (κ2) is 4.52. The fourth-order valence-corrected chi connectivity index (χ4v) is 0.668. The molecule has 0 amide bonds. The number of hydrogen-bond donors (Lipinski definition) is 0. The number of rotatable bonds is 3. The van der Waals surface area contributed by atoms with Gasteiger partial charge in [-0.2, -0.15) is 0 Å². The van der Waals surface area contributed by atoms with Gasteiger partial charge in [0.1, 0.15) is 0 Å². The highest BCUT2D eigenvalue weighted by molar-refractivity contribution is 6.42. The van der Waals surface area contributed by atoms with Gasteiger partial charge in [-0.3, -0.25) is 0 Å². The molecule has 0 spiro atoms. The van der Waals surface area contributed by atoms with Crippen molar-refractivity contribution in [3.8, 4) is 0 Å². The van der Waals surface area contributed by atoms with E-state index in [1.165, 1.54) is 0 Å². The smallest absolute Gasteiger partial charge is 0.408 e. The standard InChI is InChI=1S/C5H13NO2Si/c1-5(2)6-8-9(4)7-3/h9H,1-4H3. The van der Waals surface area contributed by atoms with Crippen molar-refractivity contribution in [3.63, 3.8) is 0 Å². The van der Waals surface area contributed by atoms with Crippen LogP contribution in [-0.2, 0) is 8.95 Å². The second-order valence-corrected chi connectivity index (χ2v) is 3.76.